The normalized spacial score (nSPS) is 24.2. The number of nitrogens with zero attached hydrogens (tertiary/aromatic N) is 1. The highest BCUT2D eigenvalue weighted by Gasteiger charge is 2.51. The molecule has 2 heterocycles. The first-order chi connectivity index (χ1) is 13.1. The molecule has 0 aromatic heterocycles. The summed E-state index contributed by atoms with van der Waals surface area (Å²) in [4.78, 5) is 14.4. The fourth-order valence-electron chi connectivity index (χ4n) is 3.92. The summed E-state index contributed by atoms with van der Waals surface area (Å²) in [5.74, 6) is 0.392. The van der Waals surface area contributed by atoms with Crippen LogP contribution in [0.2, 0.25) is 0 Å². The minimum atomic E-state index is -2.49. The van der Waals surface area contributed by atoms with Crippen LogP contribution in [0.4, 0.5) is 8.78 Å². The maximum Gasteiger partial charge on any atom is 0.261 e. The molecular weight excluding hydrogens is 354 g/mol. The van der Waals surface area contributed by atoms with Gasteiger partial charge in [-0.15, -0.1) is 0 Å². The van der Waals surface area contributed by atoms with Gasteiger partial charge in [-0.25, -0.2) is 8.78 Å². The lowest BCUT2D eigenvalue weighted by Gasteiger charge is -2.37. The summed E-state index contributed by atoms with van der Waals surface area (Å²) in [6.45, 7) is 2.78. The first kappa shape index (κ1) is 20.2. The molecule has 3 atom stereocenters. The van der Waals surface area contributed by atoms with Crippen molar-refractivity contribution >= 4 is 5.91 Å². The SMILES string of the molecule is O=C(CCOCC(F)F)NC1C2CC1N(CCCOCc1ccccc1)C2. The molecule has 3 unspecified atom stereocenters. The standard InChI is InChI=1S/C20H28F2N2O3/c21-18(22)14-27-10-7-19(25)23-20-16-11-17(20)24(12-16)8-4-9-26-13-15-5-2-1-3-6-15/h1-3,5-6,16-18,20H,4,7-14H2,(H,23,25). The highest BCUT2D eigenvalue weighted by atomic mass is 19.3. The Labute approximate surface area is 159 Å². The van der Waals surface area contributed by atoms with Crippen LogP contribution in [0.25, 0.3) is 0 Å². The van der Waals surface area contributed by atoms with Crippen LogP contribution in [0.3, 0.4) is 0 Å². The summed E-state index contributed by atoms with van der Waals surface area (Å²) in [5, 5.41) is 3.04. The van der Waals surface area contributed by atoms with Gasteiger partial charge in [0, 0.05) is 38.2 Å². The predicted molar refractivity (Wildman–Crippen MR) is 97.6 cm³/mol. The average Bonchev–Trinajstić information content (AvgIpc) is 3.22. The number of hydrogen-bond donors (Lipinski definition) is 1. The van der Waals surface area contributed by atoms with E-state index in [9.17, 15) is 13.6 Å². The number of alkyl halides is 2. The van der Waals surface area contributed by atoms with E-state index in [0.717, 1.165) is 32.5 Å². The van der Waals surface area contributed by atoms with Crippen LogP contribution >= 0.6 is 0 Å². The molecule has 2 aliphatic heterocycles. The molecule has 1 amide bonds. The van der Waals surface area contributed by atoms with E-state index in [1.54, 1.807) is 0 Å². The minimum absolute atomic E-state index is 0.0424. The van der Waals surface area contributed by atoms with E-state index in [0.29, 0.717) is 18.6 Å². The topological polar surface area (TPSA) is 50.8 Å². The lowest BCUT2D eigenvalue weighted by Crippen LogP contribution is -2.54. The van der Waals surface area contributed by atoms with E-state index in [-0.39, 0.29) is 25.0 Å². The molecule has 1 aromatic carbocycles. The molecular formula is C20H28F2N2O3. The minimum Gasteiger partial charge on any atom is -0.377 e. The summed E-state index contributed by atoms with van der Waals surface area (Å²) < 4.78 is 34.5. The van der Waals surface area contributed by atoms with E-state index in [2.05, 4.69) is 22.3 Å². The molecule has 4 rings (SSSR count). The van der Waals surface area contributed by atoms with Crippen LogP contribution < -0.4 is 5.32 Å². The highest BCUT2D eigenvalue weighted by Crippen LogP contribution is 2.41. The zero-order valence-corrected chi connectivity index (χ0v) is 15.5. The molecule has 3 aliphatic rings. The van der Waals surface area contributed by atoms with Gasteiger partial charge in [0.2, 0.25) is 5.91 Å². The molecule has 1 aromatic rings. The third kappa shape index (κ3) is 5.96. The number of nitrogens with one attached hydrogen (secondary N) is 1. The zero-order chi connectivity index (χ0) is 19.1. The smallest absolute Gasteiger partial charge is 0.261 e. The number of benzene rings is 1. The fourth-order valence-corrected chi connectivity index (χ4v) is 3.92. The molecule has 1 N–H and O–H groups in total. The Morgan fingerprint density at radius 2 is 2.04 bits per heavy atom. The van der Waals surface area contributed by atoms with Crippen molar-refractivity contribution in [3.8, 4) is 0 Å². The quantitative estimate of drug-likeness (QED) is 0.564. The van der Waals surface area contributed by atoms with Gasteiger partial charge in [0.05, 0.1) is 13.2 Å². The third-order valence-corrected chi connectivity index (χ3v) is 5.30. The second kappa shape index (κ2) is 10.1. The van der Waals surface area contributed by atoms with Crippen LogP contribution in [0.1, 0.15) is 24.8 Å². The molecule has 5 nitrogen and oxygen atoms in total. The summed E-state index contributed by atoms with van der Waals surface area (Å²) in [6.07, 6.45) is -0.257. The number of rotatable bonds is 12. The fraction of sp³-hybridized carbons (Fsp3) is 0.650. The van der Waals surface area contributed by atoms with Gasteiger partial charge < -0.3 is 14.8 Å². The maximum atomic E-state index is 12.0. The van der Waals surface area contributed by atoms with Crippen molar-refractivity contribution < 1.29 is 23.0 Å². The second-order valence-electron chi connectivity index (χ2n) is 7.26. The third-order valence-electron chi connectivity index (χ3n) is 5.30. The predicted octanol–water partition coefficient (Wildman–Crippen LogP) is 2.45. The van der Waals surface area contributed by atoms with Crippen LogP contribution in [0.15, 0.2) is 30.3 Å². The van der Waals surface area contributed by atoms with Crippen molar-refractivity contribution in [1.82, 2.24) is 10.2 Å². The Morgan fingerprint density at radius 3 is 2.81 bits per heavy atom. The van der Waals surface area contributed by atoms with Gasteiger partial charge in [0.1, 0.15) is 6.61 Å². The lowest BCUT2D eigenvalue weighted by molar-refractivity contribution is -0.124. The molecule has 0 spiro atoms. The van der Waals surface area contributed by atoms with Gasteiger partial charge in [-0.2, -0.15) is 0 Å². The van der Waals surface area contributed by atoms with E-state index >= 15 is 0 Å². The van der Waals surface area contributed by atoms with E-state index < -0.39 is 13.0 Å². The summed E-state index contributed by atoms with van der Waals surface area (Å²) in [7, 11) is 0. The van der Waals surface area contributed by atoms with Gasteiger partial charge in [-0.3, -0.25) is 9.69 Å². The van der Waals surface area contributed by atoms with Gasteiger partial charge in [0.15, 0.2) is 0 Å². The molecule has 2 saturated heterocycles. The van der Waals surface area contributed by atoms with Crippen molar-refractivity contribution in [2.24, 2.45) is 5.92 Å². The Bertz CT molecular complexity index is 588. The van der Waals surface area contributed by atoms with Crippen LogP contribution in [0, 0.1) is 5.92 Å². The van der Waals surface area contributed by atoms with Gasteiger partial charge in [-0.05, 0) is 24.3 Å². The average molecular weight is 382 g/mol. The number of fused-ring (bicyclic) bond motifs is 1. The van der Waals surface area contributed by atoms with E-state index in [1.165, 1.54) is 5.56 Å². The summed E-state index contributed by atoms with van der Waals surface area (Å²) >= 11 is 0. The first-order valence-corrected chi connectivity index (χ1v) is 9.64. The molecule has 7 heteroatoms. The number of hydrogen-bond acceptors (Lipinski definition) is 4. The Morgan fingerprint density at radius 1 is 1.22 bits per heavy atom. The molecule has 1 aliphatic carbocycles. The molecule has 27 heavy (non-hydrogen) atoms. The number of ether oxygens (including phenoxy) is 2. The van der Waals surface area contributed by atoms with E-state index in [1.807, 2.05) is 18.2 Å². The Balaban J connectivity index is 1.26. The van der Waals surface area contributed by atoms with Crippen LogP contribution in [0.5, 0.6) is 0 Å². The number of halogens is 2. The second-order valence-corrected chi connectivity index (χ2v) is 7.26. The number of carbonyl (C=O) groups is 1. The van der Waals surface area contributed by atoms with E-state index in [4.69, 9.17) is 9.47 Å². The monoisotopic (exact) mass is 382 g/mol. The lowest BCUT2D eigenvalue weighted by atomic mass is 9.80. The van der Waals surface area contributed by atoms with Crippen molar-refractivity contribution in [2.45, 2.75) is 44.4 Å². The van der Waals surface area contributed by atoms with Gasteiger partial charge >= 0.3 is 0 Å². The van der Waals surface area contributed by atoms with Crippen molar-refractivity contribution in [2.75, 3.05) is 32.9 Å². The van der Waals surface area contributed by atoms with Crippen LogP contribution in [-0.4, -0.2) is 62.2 Å². The zero-order valence-electron chi connectivity index (χ0n) is 15.5. The van der Waals surface area contributed by atoms with Gasteiger partial charge in [0.25, 0.3) is 6.43 Å². The van der Waals surface area contributed by atoms with Gasteiger partial charge in [-0.1, -0.05) is 30.3 Å². The van der Waals surface area contributed by atoms with Crippen molar-refractivity contribution in [3.63, 3.8) is 0 Å². The molecule has 0 radical (unpaired) electrons. The van der Waals surface area contributed by atoms with Crippen LogP contribution in [-0.2, 0) is 20.9 Å². The molecule has 150 valence electrons. The molecule has 1 saturated carbocycles. The van der Waals surface area contributed by atoms with Crippen molar-refractivity contribution in [3.05, 3.63) is 35.9 Å². The summed E-state index contributed by atoms with van der Waals surface area (Å²) in [5.41, 5.74) is 1.18. The number of amides is 1. The molecule has 3 fully saturated rings. The maximum absolute atomic E-state index is 12.0. The Kier molecular flexibility index (Phi) is 7.55. The van der Waals surface area contributed by atoms with Crippen molar-refractivity contribution in [1.29, 1.82) is 0 Å². The molecule has 2 bridgehead atoms. The number of carbonyl (C=O) groups excluding carboxylic acids is 1. The largest absolute Gasteiger partial charge is 0.377 e. The first-order valence-electron chi connectivity index (χ1n) is 9.64. The summed E-state index contributed by atoms with van der Waals surface area (Å²) in [6, 6.07) is 10.7. The Hall–Kier alpha value is -1.57. The highest BCUT2D eigenvalue weighted by molar-refractivity contribution is 5.76.